The van der Waals surface area contributed by atoms with Gasteiger partial charge in [0.25, 0.3) is 0 Å². The second kappa shape index (κ2) is 7.25. The third-order valence-corrected chi connectivity index (χ3v) is 3.71. The van der Waals surface area contributed by atoms with E-state index >= 15 is 0 Å². The minimum Gasteiger partial charge on any atom is -0.383 e. The smallest absolute Gasteiger partial charge is 0.0615 e. The predicted octanol–water partition coefficient (Wildman–Crippen LogP) is 1.87. The maximum atomic E-state index is 5.26. The van der Waals surface area contributed by atoms with Crippen molar-refractivity contribution in [1.82, 2.24) is 10.2 Å². The molecule has 3 atom stereocenters. The lowest BCUT2D eigenvalue weighted by atomic mass is 10.1. The van der Waals surface area contributed by atoms with Crippen molar-refractivity contribution in [3.63, 3.8) is 0 Å². The molecule has 0 bridgehead atoms. The molecule has 0 aromatic carbocycles. The molecular weight excluding hydrogens is 200 g/mol. The first-order valence-electron chi connectivity index (χ1n) is 6.70. The van der Waals surface area contributed by atoms with Crippen LogP contribution in [-0.4, -0.2) is 49.8 Å². The zero-order chi connectivity index (χ0) is 12.0. The molecule has 0 aliphatic heterocycles. The van der Waals surface area contributed by atoms with E-state index < -0.39 is 0 Å². The summed E-state index contributed by atoms with van der Waals surface area (Å²) in [7, 11) is 1.79. The lowest BCUT2D eigenvalue weighted by molar-refractivity contribution is 0.0741. The van der Waals surface area contributed by atoms with Crippen molar-refractivity contribution in [2.24, 2.45) is 0 Å². The van der Waals surface area contributed by atoms with Gasteiger partial charge in [0, 0.05) is 25.2 Å². The van der Waals surface area contributed by atoms with Crippen LogP contribution in [0.1, 0.15) is 40.0 Å². The van der Waals surface area contributed by atoms with E-state index in [2.05, 4.69) is 31.0 Å². The van der Waals surface area contributed by atoms with Crippen molar-refractivity contribution in [3.8, 4) is 0 Å². The third kappa shape index (κ3) is 3.72. The monoisotopic (exact) mass is 228 g/mol. The van der Waals surface area contributed by atoms with Gasteiger partial charge in [-0.15, -0.1) is 0 Å². The number of hydrogen-bond donors (Lipinski definition) is 1. The lowest BCUT2D eigenvalue weighted by Crippen LogP contribution is -2.43. The fourth-order valence-corrected chi connectivity index (χ4v) is 3.00. The highest BCUT2D eigenvalue weighted by molar-refractivity contribution is 4.88. The Hall–Kier alpha value is -0.120. The summed E-state index contributed by atoms with van der Waals surface area (Å²) in [4.78, 5) is 2.60. The second-order valence-electron chi connectivity index (χ2n) is 4.86. The summed E-state index contributed by atoms with van der Waals surface area (Å²) in [5.41, 5.74) is 0. The predicted molar refractivity (Wildman–Crippen MR) is 68.8 cm³/mol. The molecule has 0 heterocycles. The number of nitrogens with zero attached hydrogens (tertiary/aromatic N) is 1. The minimum absolute atomic E-state index is 0.542. The molecule has 1 N–H and O–H groups in total. The second-order valence-corrected chi connectivity index (χ2v) is 4.86. The van der Waals surface area contributed by atoms with E-state index in [-0.39, 0.29) is 0 Å². The highest BCUT2D eigenvalue weighted by Crippen LogP contribution is 2.25. The van der Waals surface area contributed by atoms with Gasteiger partial charge in [-0.05, 0) is 39.3 Å². The Bertz CT molecular complexity index is 187. The molecule has 0 spiro atoms. The highest BCUT2D eigenvalue weighted by Gasteiger charge is 2.30. The maximum Gasteiger partial charge on any atom is 0.0615 e. The van der Waals surface area contributed by atoms with E-state index in [0.29, 0.717) is 6.04 Å². The van der Waals surface area contributed by atoms with Gasteiger partial charge in [0.05, 0.1) is 6.61 Å². The van der Waals surface area contributed by atoms with E-state index in [0.717, 1.165) is 31.8 Å². The van der Waals surface area contributed by atoms with Crippen molar-refractivity contribution < 1.29 is 4.74 Å². The minimum atomic E-state index is 0.542. The van der Waals surface area contributed by atoms with E-state index in [1.807, 2.05) is 0 Å². The fourth-order valence-electron chi connectivity index (χ4n) is 3.00. The maximum absolute atomic E-state index is 5.26. The number of ether oxygens (including phenoxy) is 1. The highest BCUT2D eigenvalue weighted by atomic mass is 16.5. The summed E-state index contributed by atoms with van der Waals surface area (Å²) >= 11 is 0. The molecule has 16 heavy (non-hydrogen) atoms. The van der Waals surface area contributed by atoms with Crippen molar-refractivity contribution in [2.45, 2.75) is 58.2 Å². The fraction of sp³-hybridized carbons (Fsp3) is 1.00. The van der Waals surface area contributed by atoms with Crippen molar-refractivity contribution in [2.75, 3.05) is 26.8 Å². The molecule has 1 aliphatic carbocycles. The molecule has 3 nitrogen and oxygen atoms in total. The van der Waals surface area contributed by atoms with Gasteiger partial charge in [0.2, 0.25) is 0 Å². The number of nitrogens with one attached hydrogen (secondary N) is 1. The van der Waals surface area contributed by atoms with Crippen LogP contribution in [0.25, 0.3) is 0 Å². The van der Waals surface area contributed by atoms with Crippen LogP contribution >= 0.6 is 0 Å². The zero-order valence-corrected chi connectivity index (χ0v) is 11.3. The van der Waals surface area contributed by atoms with Gasteiger partial charge in [0.1, 0.15) is 0 Å². The van der Waals surface area contributed by atoms with Crippen LogP contribution in [-0.2, 0) is 4.74 Å². The van der Waals surface area contributed by atoms with Crippen LogP contribution in [0.2, 0.25) is 0 Å². The Morgan fingerprint density at radius 1 is 1.38 bits per heavy atom. The summed E-state index contributed by atoms with van der Waals surface area (Å²) in [5, 5.41) is 3.57. The van der Waals surface area contributed by atoms with Crippen molar-refractivity contribution >= 4 is 0 Å². The number of methoxy groups -OCH3 is 1. The first kappa shape index (κ1) is 13.9. The molecule has 0 aromatic rings. The molecule has 0 radical (unpaired) electrons. The van der Waals surface area contributed by atoms with Crippen molar-refractivity contribution in [3.05, 3.63) is 0 Å². The Balaban J connectivity index is 2.42. The lowest BCUT2D eigenvalue weighted by Gasteiger charge is -2.33. The van der Waals surface area contributed by atoms with Gasteiger partial charge in [-0.3, -0.25) is 4.90 Å². The average Bonchev–Trinajstić information content (AvgIpc) is 2.68. The summed E-state index contributed by atoms with van der Waals surface area (Å²) in [5.74, 6) is 0. The van der Waals surface area contributed by atoms with Crippen LogP contribution in [0.3, 0.4) is 0 Å². The largest absolute Gasteiger partial charge is 0.383 e. The van der Waals surface area contributed by atoms with Gasteiger partial charge >= 0.3 is 0 Å². The summed E-state index contributed by atoms with van der Waals surface area (Å²) in [6.07, 6.45) is 3.96. The van der Waals surface area contributed by atoms with Crippen LogP contribution in [0.5, 0.6) is 0 Å². The third-order valence-electron chi connectivity index (χ3n) is 3.71. The van der Waals surface area contributed by atoms with Gasteiger partial charge in [-0.1, -0.05) is 13.8 Å². The molecular formula is C13H28N2O. The molecule has 1 aliphatic rings. The first-order valence-corrected chi connectivity index (χ1v) is 6.70. The van der Waals surface area contributed by atoms with Gasteiger partial charge < -0.3 is 10.1 Å². The standard InChI is InChI=1S/C13H28N2O/c1-5-14-12-7-8-13(9-12)15(6-2)11(3)10-16-4/h11-14H,5-10H2,1-4H3. The molecule has 1 saturated carbocycles. The SMILES string of the molecule is CCNC1CCC(N(CC)C(C)COC)C1. The van der Waals surface area contributed by atoms with Gasteiger partial charge in [-0.2, -0.15) is 0 Å². The summed E-state index contributed by atoms with van der Waals surface area (Å²) < 4.78 is 5.26. The van der Waals surface area contributed by atoms with E-state index in [9.17, 15) is 0 Å². The molecule has 0 amide bonds. The quantitative estimate of drug-likeness (QED) is 0.720. The Kier molecular flexibility index (Phi) is 6.32. The molecule has 0 aromatic heterocycles. The normalized spacial score (nSPS) is 27.6. The molecule has 1 fully saturated rings. The number of rotatable bonds is 7. The first-order chi connectivity index (χ1) is 7.72. The van der Waals surface area contributed by atoms with Crippen LogP contribution in [0, 0.1) is 0 Å². The van der Waals surface area contributed by atoms with Crippen LogP contribution < -0.4 is 5.32 Å². The van der Waals surface area contributed by atoms with Crippen LogP contribution in [0.15, 0.2) is 0 Å². The average molecular weight is 228 g/mol. The summed E-state index contributed by atoms with van der Waals surface area (Å²) in [6.45, 7) is 9.79. The number of likely N-dealkylation sites (N-methyl/N-ethyl adjacent to an activating group) is 1. The van der Waals surface area contributed by atoms with Gasteiger partial charge in [-0.25, -0.2) is 0 Å². The number of hydrogen-bond acceptors (Lipinski definition) is 3. The Morgan fingerprint density at radius 2 is 2.12 bits per heavy atom. The Morgan fingerprint density at radius 3 is 2.69 bits per heavy atom. The van der Waals surface area contributed by atoms with Crippen molar-refractivity contribution in [1.29, 1.82) is 0 Å². The van der Waals surface area contributed by atoms with E-state index in [4.69, 9.17) is 4.74 Å². The molecule has 96 valence electrons. The Labute approximate surface area is 101 Å². The van der Waals surface area contributed by atoms with E-state index in [1.54, 1.807) is 7.11 Å². The molecule has 3 heteroatoms. The topological polar surface area (TPSA) is 24.5 Å². The van der Waals surface area contributed by atoms with E-state index in [1.165, 1.54) is 19.3 Å². The van der Waals surface area contributed by atoms with Gasteiger partial charge in [0.15, 0.2) is 0 Å². The summed E-state index contributed by atoms with van der Waals surface area (Å²) in [6, 6.07) is 2.03. The molecule has 1 rings (SSSR count). The van der Waals surface area contributed by atoms with Crippen LogP contribution in [0.4, 0.5) is 0 Å². The zero-order valence-electron chi connectivity index (χ0n) is 11.3. The molecule has 0 saturated heterocycles. The molecule has 3 unspecified atom stereocenters.